The third kappa shape index (κ3) is 4.63. The van der Waals surface area contributed by atoms with Crippen molar-refractivity contribution in [2.24, 2.45) is 0 Å². The first kappa shape index (κ1) is 21.5. The van der Waals surface area contributed by atoms with Gasteiger partial charge in [0, 0.05) is 43.0 Å². The van der Waals surface area contributed by atoms with Crippen LogP contribution < -0.4 is 4.90 Å². The maximum absolute atomic E-state index is 13.3. The summed E-state index contributed by atoms with van der Waals surface area (Å²) in [6.45, 7) is 1.88. The van der Waals surface area contributed by atoms with Gasteiger partial charge >= 0.3 is 0 Å². The lowest BCUT2D eigenvalue weighted by Crippen LogP contribution is -2.48. The number of benzene rings is 2. The fourth-order valence-electron chi connectivity index (χ4n) is 3.26. The van der Waals surface area contributed by atoms with Gasteiger partial charge in [0.05, 0.1) is 15.6 Å². The Morgan fingerprint density at radius 2 is 1.73 bits per heavy atom. The Bertz CT molecular complexity index is 1150. The molecule has 1 aromatic heterocycles. The fraction of sp³-hybridized carbons (Fsp3) is 0.250. The summed E-state index contributed by atoms with van der Waals surface area (Å²) in [5, 5.41) is 3.41. The highest BCUT2D eigenvalue weighted by atomic mass is 35.5. The smallest absolute Gasteiger partial charge is 0.243 e. The molecule has 3 aromatic rings. The minimum atomic E-state index is -3.54. The molecule has 1 saturated heterocycles. The van der Waals surface area contributed by atoms with Crippen molar-refractivity contribution in [1.82, 2.24) is 9.29 Å². The predicted octanol–water partition coefficient (Wildman–Crippen LogP) is 4.69. The Kier molecular flexibility index (Phi) is 6.31. The second-order valence-corrected chi connectivity index (χ2v) is 10.5. The van der Waals surface area contributed by atoms with Crippen LogP contribution in [0.2, 0.25) is 10.0 Å². The van der Waals surface area contributed by atoms with Crippen LogP contribution in [0.5, 0.6) is 0 Å². The van der Waals surface area contributed by atoms with Crippen LogP contribution in [0.25, 0.3) is 0 Å². The lowest BCUT2D eigenvalue weighted by molar-refractivity contribution is 0.384. The number of rotatable bonds is 5. The molecule has 0 atom stereocenters. The van der Waals surface area contributed by atoms with Gasteiger partial charge in [-0.15, -0.1) is 11.3 Å². The molecule has 0 aliphatic carbocycles. The number of piperazine rings is 1. The molecule has 30 heavy (non-hydrogen) atoms. The van der Waals surface area contributed by atoms with Gasteiger partial charge in [0.15, 0.2) is 5.13 Å². The Hall–Kier alpha value is -1.71. The first-order valence-corrected chi connectivity index (χ1v) is 12.3. The van der Waals surface area contributed by atoms with Gasteiger partial charge in [0.2, 0.25) is 10.0 Å². The van der Waals surface area contributed by atoms with E-state index in [1.807, 2.05) is 5.38 Å². The second-order valence-electron chi connectivity index (χ2n) is 6.89. The van der Waals surface area contributed by atoms with Crippen molar-refractivity contribution in [2.75, 3.05) is 31.1 Å². The van der Waals surface area contributed by atoms with E-state index in [-0.39, 0.29) is 9.92 Å². The molecular formula is C20H18Cl2FN3O2S2. The van der Waals surface area contributed by atoms with Crippen molar-refractivity contribution >= 4 is 49.7 Å². The third-order valence-electron chi connectivity index (χ3n) is 4.87. The summed E-state index contributed by atoms with van der Waals surface area (Å²) in [6, 6.07) is 10.9. The van der Waals surface area contributed by atoms with E-state index < -0.39 is 15.8 Å². The molecule has 0 spiro atoms. The molecule has 0 saturated carbocycles. The Labute approximate surface area is 188 Å². The quantitative estimate of drug-likeness (QED) is 0.525. The van der Waals surface area contributed by atoms with E-state index >= 15 is 0 Å². The van der Waals surface area contributed by atoms with Crippen molar-refractivity contribution in [3.63, 3.8) is 0 Å². The first-order chi connectivity index (χ1) is 14.3. The number of nitrogens with zero attached hydrogens (tertiary/aromatic N) is 3. The zero-order valence-electron chi connectivity index (χ0n) is 15.8. The normalized spacial score (nSPS) is 15.5. The maximum Gasteiger partial charge on any atom is 0.243 e. The fourth-order valence-corrected chi connectivity index (χ4v) is 5.89. The van der Waals surface area contributed by atoms with Gasteiger partial charge in [-0.3, -0.25) is 0 Å². The van der Waals surface area contributed by atoms with Crippen molar-refractivity contribution in [1.29, 1.82) is 0 Å². The Morgan fingerprint density at radius 1 is 1.03 bits per heavy atom. The Morgan fingerprint density at radius 3 is 2.40 bits per heavy atom. The molecule has 0 amide bonds. The molecule has 1 aliphatic heterocycles. The maximum atomic E-state index is 13.3. The number of anilines is 1. The van der Waals surface area contributed by atoms with Crippen LogP contribution in [0.1, 0.15) is 11.3 Å². The van der Waals surface area contributed by atoms with Crippen LogP contribution in [0.4, 0.5) is 9.52 Å². The average molecular weight is 486 g/mol. The van der Waals surface area contributed by atoms with Crippen LogP contribution in [-0.4, -0.2) is 43.9 Å². The molecule has 4 rings (SSSR count). The summed E-state index contributed by atoms with van der Waals surface area (Å²) in [5.74, 6) is -0.439. The largest absolute Gasteiger partial charge is 0.345 e. The number of halogens is 3. The van der Waals surface area contributed by atoms with Gasteiger partial charge in [-0.1, -0.05) is 29.3 Å². The van der Waals surface area contributed by atoms with Crippen molar-refractivity contribution in [2.45, 2.75) is 11.3 Å². The number of sulfonamides is 1. The van der Waals surface area contributed by atoms with E-state index in [0.717, 1.165) is 16.4 Å². The van der Waals surface area contributed by atoms with Gasteiger partial charge in [0.25, 0.3) is 0 Å². The number of thiazole rings is 1. The van der Waals surface area contributed by atoms with Gasteiger partial charge in [-0.2, -0.15) is 4.31 Å². The molecule has 2 heterocycles. The highest BCUT2D eigenvalue weighted by Gasteiger charge is 2.29. The first-order valence-electron chi connectivity index (χ1n) is 9.22. The molecule has 1 aliphatic rings. The molecule has 10 heteroatoms. The molecule has 2 aromatic carbocycles. The molecular weight excluding hydrogens is 468 g/mol. The number of aromatic nitrogens is 1. The molecule has 0 N–H and O–H groups in total. The number of hydrogen-bond donors (Lipinski definition) is 0. The lowest BCUT2D eigenvalue weighted by Gasteiger charge is -2.33. The molecule has 5 nitrogen and oxygen atoms in total. The minimum absolute atomic E-state index is 0.0981. The number of hydrogen-bond acceptors (Lipinski definition) is 5. The van der Waals surface area contributed by atoms with Crippen molar-refractivity contribution < 1.29 is 12.8 Å². The molecule has 0 radical (unpaired) electrons. The third-order valence-corrected chi connectivity index (χ3v) is 8.27. The summed E-state index contributed by atoms with van der Waals surface area (Å²) in [4.78, 5) is 6.99. The lowest BCUT2D eigenvalue weighted by atomic mass is 10.1. The van der Waals surface area contributed by atoms with E-state index in [1.54, 1.807) is 24.3 Å². The molecule has 158 valence electrons. The Balaban J connectivity index is 1.40. The SMILES string of the molecule is O=S(=O)(c1ccc(Cl)cc1)N1CCN(c2nc(Cc3ccc(F)c(Cl)c3)cs2)CC1. The van der Waals surface area contributed by atoms with Crippen LogP contribution in [0.15, 0.2) is 52.7 Å². The van der Waals surface area contributed by atoms with Crippen molar-refractivity contribution in [3.05, 3.63) is 75.0 Å². The van der Waals surface area contributed by atoms with Crippen molar-refractivity contribution in [3.8, 4) is 0 Å². The summed E-state index contributed by atoms with van der Waals surface area (Å²) in [5.41, 5.74) is 1.76. The van der Waals surface area contributed by atoms with E-state index in [9.17, 15) is 12.8 Å². The molecule has 1 fully saturated rings. The highest BCUT2D eigenvalue weighted by Crippen LogP contribution is 2.26. The van der Waals surface area contributed by atoms with E-state index in [1.165, 1.54) is 33.8 Å². The summed E-state index contributed by atoms with van der Waals surface area (Å²) in [7, 11) is -3.54. The van der Waals surface area contributed by atoms with Gasteiger partial charge < -0.3 is 4.90 Å². The summed E-state index contributed by atoms with van der Waals surface area (Å²) >= 11 is 13.2. The monoisotopic (exact) mass is 485 g/mol. The topological polar surface area (TPSA) is 53.5 Å². The molecule has 0 bridgehead atoms. The van der Waals surface area contributed by atoms with Gasteiger partial charge in [-0.25, -0.2) is 17.8 Å². The van der Waals surface area contributed by atoms with E-state index in [4.69, 9.17) is 23.2 Å². The summed E-state index contributed by atoms with van der Waals surface area (Å²) < 4.78 is 40.4. The predicted molar refractivity (Wildman–Crippen MR) is 119 cm³/mol. The summed E-state index contributed by atoms with van der Waals surface area (Å²) in [6.07, 6.45) is 0.557. The minimum Gasteiger partial charge on any atom is -0.345 e. The van der Waals surface area contributed by atoms with Crippen LogP contribution in [0, 0.1) is 5.82 Å². The average Bonchev–Trinajstić information content (AvgIpc) is 3.20. The van der Waals surface area contributed by atoms with Crippen LogP contribution >= 0.6 is 34.5 Å². The van der Waals surface area contributed by atoms with E-state index in [0.29, 0.717) is 37.6 Å². The zero-order chi connectivity index (χ0) is 21.3. The standard InChI is InChI=1S/C20H18Cl2FN3O2S2/c21-15-2-4-17(5-3-15)30(27,28)26-9-7-25(8-10-26)20-24-16(13-29-20)11-14-1-6-19(23)18(22)12-14/h1-6,12-13H,7-11H2. The van der Waals surface area contributed by atoms with Gasteiger partial charge in [0.1, 0.15) is 5.82 Å². The van der Waals surface area contributed by atoms with Crippen LogP contribution in [0.3, 0.4) is 0 Å². The molecule has 0 unspecified atom stereocenters. The second kappa shape index (κ2) is 8.80. The zero-order valence-corrected chi connectivity index (χ0v) is 18.9. The highest BCUT2D eigenvalue weighted by molar-refractivity contribution is 7.89. The van der Waals surface area contributed by atoms with Gasteiger partial charge in [-0.05, 0) is 42.0 Å². The van der Waals surface area contributed by atoms with E-state index in [2.05, 4.69) is 9.88 Å². The van der Waals surface area contributed by atoms with Crippen LogP contribution in [-0.2, 0) is 16.4 Å².